The molecule has 0 atom stereocenters. The minimum atomic E-state index is -0.0104. The van der Waals surface area contributed by atoms with Gasteiger partial charge in [-0.15, -0.1) is 0 Å². The summed E-state index contributed by atoms with van der Waals surface area (Å²) in [4.78, 5) is 11.5. The van der Waals surface area contributed by atoms with Crippen LogP contribution in [0.3, 0.4) is 0 Å². The molecule has 0 bridgehead atoms. The van der Waals surface area contributed by atoms with Crippen LogP contribution in [0.1, 0.15) is 26.2 Å². The molecule has 0 radical (unpaired) electrons. The molecule has 98 valence electrons. The molecule has 0 aliphatic rings. The van der Waals surface area contributed by atoms with E-state index in [9.17, 15) is 4.79 Å². The number of hydrogen-bond donors (Lipinski definition) is 1. The van der Waals surface area contributed by atoms with E-state index in [-0.39, 0.29) is 5.91 Å². The lowest BCUT2D eigenvalue weighted by molar-refractivity contribution is -0.120. The van der Waals surface area contributed by atoms with Crippen molar-refractivity contribution in [3.63, 3.8) is 0 Å². The van der Waals surface area contributed by atoms with Gasteiger partial charge in [0.1, 0.15) is 0 Å². The summed E-state index contributed by atoms with van der Waals surface area (Å²) >= 11 is 1.32. The van der Waals surface area contributed by atoms with Crippen molar-refractivity contribution in [2.24, 2.45) is 0 Å². The zero-order chi connectivity index (χ0) is 13.8. The van der Waals surface area contributed by atoms with Gasteiger partial charge in [0.15, 0.2) is 0 Å². The summed E-state index contributed by atoms with van der Waals surface area (Å²) in [5, 5.41) is 4.97. The zero-order valence-corrected chi connectivity index (χ0v) is 11.8. The van der Waals surface area contributed by atoms with Crippen LogP contribution in [-0.4, -0.2) is 5.91 Å². The van der Waals surface area contributed by atoms with E-state index in [0.717, 1.165) is 18.4 Å². The number of thioether (sulfide) groups is 1. The van der Waals surface area contributed by atoms with Crippen molar-refractivity contribution in [2.75, 3.05) is 0 Å². The molecule has 18 heavy (non-hydrogen) atoms. The van der Waals surface area contributed by atoms with E-state index in [1.54, 1.807) is 5.41 Å². The van der Waals surface area contributed by atoms with Gasteiger partial charge < -0.3 is 5.32 Å². The first-order valence-electron chi connectivity index (χ1n) is 5.84. The summed E-state index contributed by atoms with van der Waals surface area (Å²) in [6.07, 6.45) is 9.90. The first-order valence-corrected chi connectivity index (χ1v) is 6.72. The maximum Gasteiger partial charge on any atom is 0.224 e. The predicted octanol–water partition coefficient (Wildman–Crippen LogP) is 4.31. The Balaban J connectivity index is 3.96. The molecule has 0 aliphatic carbocycles. The lowest BCUT2D eigenvalue weighted by Gasteiger charge is -2.05. The molecule has 0 aliphatic heterocycles. The predicted molar refractivity (Wildman–Crippen MR) is 82.0 cm³/mol. The van der Waals surface area contributed by atoms with Crippen LogP contribution in [0.4, 0.5) is 0 Å². The number of carbonyl (C=O) groups excluding carboxylic acids is 1. The third-order valence-electron chi connectivity index (χ3n) is 2.14. The van der Waals surface area contributed by atoms with Crippen LogP contribution < -0.4 is 5.32 Å². The summed E-state index contributed by atoms with van der Waals surface area (Å²) in [6.45, 7) is 13.0. The van der Waals surface area contributed by atoms with E-state index in [0.29, 0.717) is 11.4 Å². The van der Waals surface area contributed by atoms with Crippen LogP contribution >= 0.6 is 11.8 Å². The average molecular weight is 263 g/mol. The van der Waals surface area contributed by atoms with E-state index in [1.165, 1.54) is 11.8 Å². The van der Waals surface area contributed by atoms with Crippen LogP contribution in [0, 0.1) is 0 Å². The minimum absolute atomic E-state index is 0.0104. The summed E-state index contributed by atoms with van der Waals surface area (Å²) < 4.78 is 0. The normalized spacial score (nSPS) is 11.3. The zero-order valence-electron chi connectivity index (χ0n) is 10.9. The van der Waals surface area contributed by atoms with Crippen LogP contribution in [0.5, 0.6) is 0 Å². The molecule has 0 heterocycles. The summed E-state index contributed by atoms with van der Waals surface area (Å²) in [5.41, 5.74) is 1.14. The molecule has 0 rings (SSSR count). The molecule has 0 spiro atoms. The number of rotatable bonds is 9. The van der Waals surface area contributed by atoms with Gasteiger partial charge in [-0.3, -0.25) is 4.79 Å². The highest BCUT2D eigenvalue weighted by Crippen LogP contribution is 2.12. The SMILES string of the molecule is C=CSC(=C)NC(=O)CCC/C(C=C)=C/C=C\C. The van der Waals surface area contributed by atoms with Gasteiger partial charge in [0.2, 0.25) is 5.91 Å². The van der Waals surface area contributed by atoms with Gasteiger partial charge in [-0.2, -0.15) is 0 Å². The van der Waals surface area contributed by atoms with Gasteiger partial charge in [0, 0.05) is 6.42 Å². The Bertz CT molecular complexity index is 367. The van der Waals surface area contributed by atoms with Gasteiger partial charge in [-0.1, -0.05) is 55.8 Å². The fraction of sp³-hybridized carbons (Fsp3) is 0.267. The molecule has 3 heteroatoms. The number of amides is 1. The standard InChI is InChI=1S/C15H21NOS/c1-5-8-10-14(6-2)11-9-12-15(17)16-13(4)18-7-3/h5-8,10H,2-4,9,11-12H2,1H3,(H,16,17)/b8-5-,14-10+. The Labute approximate surface area is 114 Å². The highest BCUT2D eigenvalue weighted by atomic mass is 32.2. The molecule has 1 amide bonds. The van der Waals surface area contributed by atoms with E-state index in [1.807, 2.05) is 31.2 Å². The van der Waals surface area contributed by atoms with E-state index < -0.39 is 0 Å². The Kier molecular flexibility index (Phi) is 9.78. The molecule has 0 aromatic rings. The van der Waals surface area contributed by atoms with Crippen LogP contribution in [-0.2, 0) is 4.79 Å². The van der Waals surface area contributed by atoms with Crippen LogP contribution in [0.25, 0.3) is 0 Å². The van der Waals surface area contributed by atoms with Crippen molar-refractivity contribution in [2.45, 2.75) is 26.2 Å². The first-order chi connectivity index (χ1) is 8.63. The summed E-state index contributed by atoms with van der Waals surface area (Å²) in [7, 11) is 0. The smallest absolute Gasteiger partial charge is 0.224 e. The second kappa shape index (κ2) is 10.7. The topological polar surface area (TPSA) is 29.1 Å². The van der Waals surface area contributed by atoms with Crippen LogP contribution in [0.15, 0.2) is 60.1 Å². The van der Waals surface area contributed by atoms with Gasteiger partial charge in [-0.25, -0.2) is 0 Å². The second-order valence-corrected chi connectivity index (χ2v) is 4.64. The molecule has 0 aromatic carbocycles. The van der Waals surface area contributed by atoms with Crippen molar-refractivity contribution >= 4 is 17.7 Å². The number of carbonyl (C=O) groups is 1. The van der Waals surface area contributed by atoms with Crippen molar-refractivity contribution in [3.8, 4) is 0 Å². The first kappa shape index (κ1) is 16.5. The molecule has 2 nitrogen and oxygen atoms in total. The Morgan fingerprint density at radius 1 is 1.33 bits per heavy atom. The average Bonchev–Trinajstić information content (AvgIpc) is 2.33. The molecule has 0 unspecified atom stereocenters. The van der Waals surface area contributed by atoms with Gasteiger partial charge in [-0.05, 0) is 30.7 Å². The molecular formula is C15H21NOS. The van der Waals surface area contributed by atoms with Gasteiger partial charge in [0.25, 0.3) is 0 Å². The Morgan fingerprint density at radius 3 is 2.61 bits per heavy atom. The second-order valence-electron chi connectivity index (χ2n) is 3.58. The van der Waals surface area contributed by atoms with Crippen LogP contribution in [0.2, 0.25) is 0 Å². The molecule has 0 aromatic heterocycles. The quantitative estimate of drug-likeness (QED) is 0.628. The van der Waals surface area contributed by atoms with Gasteiger partial charge in [0.05, 0.1) is 5.03 Å². The molecular weight excluding hydrogens is 242 g/mol. The highest BCUT2D eigenvalue weighted by Gasteiger charge is 2.02. The largest absolute Gasteiger partial charge is 0.321 e. The summed E-state index contributed by atoms with van der Waals surface area (Å²) in [6, 6.07) is 0. The monoisotopic (exact) mass is 263 g/mol. The molecule has 0 saturated heterocycles. The maximum absolute atomic E-state index is 11.5. The summed E-state index contributed by atoms with van der Waals surface area (Å²) in [5.74, 6) is -0.0104. The van der Waals surface area contributed by atoms with Crippen molar-refractivity contribution in [1.29, 1.82) is 0 Å². The third kappa shape index (κ3) is 8.65. The lowest BCUT2D eigenvalue weighted by Crippen LogP contribution is -2.19. The number of hydrogen-bond acceptors (Lipinski definition) is 2. The van der Waals surface area contributed by atoms with E-state index in [2.05, 4.69) is 25.1 Å². The Hall–Kier alpha value is -1.48. The highest BCUT2D eigenvalue weighted by molar-refractivity contribution is 8.05. The van der Waals surface area contributed by atoms with E-state index >= 15 is 0 Å². The lowest BCUT2D eigenvalue weighted by atomic mass is 10.1. The van der Waals surface area contributed by atoms with Crippen molar-refractivity contribution < 1.29 is 4.79 Å². The third-order valence-corrected chi connectivity index (χ3v) is 2.69. The van der Waals surface area contributed by atoms with Crippen molar-refractivity contribution in [3.05, 3.63) is 60.1 Å². The molecule has 0 fully saturated rings. The molecule has 0 saturated carbocycles. The molecule has 1 N–H and O–H groups in total. The fourth-order valence-electron chi connectivity index (χ4n) is 1.27. The van der Waals surface area contributed by atoms with Gasteiger partial charge >= 0.3 is 0 Å². The number of allylic oxidation sites excluding steroid dienone is 5. The Morgan fingerprint density at radius 2 is 2.06 bits per heavy atom. The number of nitrogens with one attached hydrogen (secondary N) is 1. The minimum Gasteiger partial charge on any atom is -0.321 e. The van der Waals surface area contributed by atoms with E-state index in [4.69, 9.17) is 0 Å². The fourth-order valence-corrected chi connectivity index (χ4v) is 1.65. The maximum atomic E-state index is 11.5. The van der Waals surface area contributed by atoms with Crippen molar-refractivity contribution in [1.82, 2.24) is 5.32 Å².